The number of carbonyl (C=O) groups excluding carboxylic acids is 1. The Labute approximate surface area is 157 Å². The van der Waals surface area contributed by atoms with Crippen molar-refractivity contribution in [2.24, 2.45) is 0 Å². The Kier molecular flexibility index (Phi) is 5.20. The van der Waals surface area contributed by atoms with E-state index in [1.165, 1.54) is 32.4 Å². The van der Waals surface area contributed by atoms with E-state index in [-0.39, 0.29) is 5.91 Å². The Morgan fingerprint density at radius 2 is 2.15 bits per heavy atom. The summed E-state index contributed by atoms with van der Waals surface area (Å²) in [6, 6.07) is 5.33. The minimum atomic E-state index is -0.139. The van der Waals surface area contributed by atoms with E-state index in [0.717, 1.165) is 13.0 Å². The average Bonchev–Trinajstić information content (AvgIpc) is 3.36. The van der Waals surface area contributed by atoms with Crippen molar-refractivity contribution in [3.05, 3.63) is 35.7 Å². The highest BCUT2D eigenvalue weighted by molar-refractivity contribution is 6.06. The van der Waals surface area contributed by atoms with Gasteiger partial charge in [0.1, 0.15) is 5.69 Å². The molecular formula is C20H24N4O3. The van der Waals surface area contributed by atoms with Crippen molar-refractivity contribution in [3.63, 3.8) is 0 Å². The molecule has 0 radical (unpaired) electrons. The van der Waals surface area contributed by atoms with Gasteiger partial charge in [0.2, 0.25) is 0 Å². The van der Waals surface area contributed by atoms with E-state index in [2.05, 4.69) is 20.4 Å². The van der Waals surface area contributed by atoms with Crippen LogP contribution in [-0.4, -0.2) is 47.1 Å². The summed E-state index contributed by atoms with van der Waals surface area (Å²) in [6.07, 6.45) is 6.41. The van der Waals surface area contributed by atoms with Gasteiger partial charge < -0.3 is 19.2 Å². The van der Waals surface area contributed by atoms with Crippen molar-refractivity contribution in [1.29, 1.82) is 0 Å². The maximum Gasteiger partial charge on any atom is 0.259 e. The summed E-state index contributed by atoms with van der Waals surface area (Å²) in [7, 11) is 0. The van der Waals surface area contributed by atoms with Crippen LogP contribution in [-0.2, 0) is 0 Å². The summed E-state index contributed by atoms with van der Waals surface area (Å²) in [4.78, 5) is 19.7. The lowest BCUT2D eigenvalue weighted by Gasteiger charge is -2.26. The molecule has 3 aromatic rings. The average molecular weight is 368 g/mol. The molecule has 4 heterocycles. The number of rotatable bonds is 6. The summed E-state index contributed by atoms with van der Waals surface area (Å²) >= 11 is 0. The van der Waals surface area contributed by atoms with Gasteiger partial charge in [0.05, 0.1) is 22.9 Å². The lowest BCUT2D eigenvalue weighted by Crippen LogP contribution is -2.33. The van der Waals surface area contributed by atoms with Crippen LogP contribution >= 0.6 is 0 Å². The number of piperidine rings is 1. The highest BCUT2D eigenvalue weighted by Crippen LogP contribution is 2.27. The van der Waals surface area contributed by atoms with Crippen LogP contribution < -0.4 is 5.32 Å². The number of fused-ring (bicyclic) bond motifs is 1. The quantitative estimate of drug-likeness (QED) is 0.671. The predicted molar refractivity (Wildman–Crippen MR) is 101 cm³/mol. The highest BCUT2D eigenvalue weighted by atomic mass is 16.5. The molecule has 1 fully saturated rings. The summed E-state index contributed by atoms with van der Waals surface area (Å²) in [5, 5.41) is 7.64. The van der Waals surface area contributed by atoms with Crippen LogP contribution in [0.4, 0.5) is 0 Å². The first kappa shape index (κ1) is 17.7. The number of pyridine rings is 1. The molecule has 3 aromatic heterocycles. The SMILES string of the molecule is Cc1noc2nc(-c3ccco3)cc(C(=O)NCCCN3CCCCC3)c12. The number of aryl methyl sites for hydroxylation is 1. The zero-order chi connectivity index (χ0) is 18.6. The molecule has 1 saturated heterocycles. The monoisotopic (exact) mass is 368 g/mol. The van der Waals surface area contributed by atoms with Crippen molar-refractivity contribution in [1.82, 2.24) is 20.4 Å². The van der Waals surface area contributed by atoms with E-state index in [4.69, 9.17) is 8.94 Å². The van der Waals surface area contributed by atoms with Crippen molar-refractivity contribution >= 4 is 17.0 Å². The molecule has 0 aliphatic carbocycles. The number of nitrogens with one attached hydrogen (secondary N) is 1. The molecule has 27 heavy (non-hydrogen) atoms. The Morgan fingerprint density at radius 3 is 2.93 bits per heavy atom. The lowest BCUT2D eigenvalue weighted by atomic mass is 10.1. The molecular weight excluding hydrogens is 344 g/mol. The number of nitrogens with zero attached hydrogens (tertiary/aromatic N) is 3. The topological polar surface area (TPSA) is 84.4 Å². The fraction of sp³-hybridized carbons (Fsp3) is 0.450. The van der Waals surface area contributed by atoms with E-state index in [0.29, 0.717) is 40.4 Å². The molecule has 4 rings (SSSR count). The van der Waals surface area contributed by atoms with Gasteiger partial charge in [-0.15, -0.1) is 0 Å². The van der Waals surface area contributed by atoms with E-state index in [1.54, 1.807) is 24.5 Å². The fourth-order valence-electron chi connectivity index (χ4n) is 3.61. The van der Waals surface area contributed by atoms with Gasteiger partial charge in [-0.1, -0.05) is 11.6 Å². The van der Waals surface area contributed by atoms with Crippen LogP contribution in [0.15, 0.2) is 33.4 Å². The number of hydrogen-bond acceptors (Lipinski definition) is 6. The van der Waals surface area contributed by atoms with Crippen molar-refractivity contribution < 1.29 is 13.7 Å². The molecule has 0 spiro atoms. The van der Waals surface area contributed by atoms with Crippen molar-refractivity contribution in [2.45, 2.75) is 32.6 Å². The van der Waals surface area contributed by atoms with Gasteiger partial charge in [0, 0.05) is 6.54 Å². The largest absolute Gasteiger partial charge is 0.463 e. The fourth-order valence-corrected chi connectivity index (χ4v) is 3.61. The molecule has 0 bridgehead atoms. The molecule has 0 aromatic carbocycles. The first-order valence-corrected chi connectivity index (χ1v) is 9.54. The lowest BCUT2D eigenvalue weighted by molar-refractivity contribution is 0.0952. The third kappa shape index (κ3) is 3.88. The summed E-state index contributed by atoms with van der Waals surface area (Å²) in [5.41, 5.74) is 2.08. The van der Waals surface area contributed by atoms with Gasteiger partial charge in [-0.2, -0.15) is 0 Å². The first-order valence-electron chi connectivity index (χ1n) is 9.54. The smallest absolute Gasteiger partial charge is 0.259 e. The standard InChI is InChI=1S/C20H24N4O3/c1-14-18-15(19(25)21-8-6-11-24-9-3-2-4-10-24)13-16(17-7-5-12-26-17)22-20(18)27-23-14/h5,7,12-13H,2-4,6,8-11H2,1H3,(H,21,25). The summed E-state index contributed by atoms with van der Waals surface area (Å²) in [5.74, 6) is 0.449. The molecule has 0 saturated carbocycles. The van der Waals surface area contributed by atoms with E-state index >= 15 is 0 Å². The summed E-state index contributed by atoms with van der Waals surface area (Å²) in [6.45, 7) is 5.82. The second kappa shape index (κ2) is 7.92. The van der Waals surface area contributed by atoms with Crippen LogP contribution in [0, 0.1) is 6.92 Å². The van der Waals surface area contributed by atoms with Crippen LogP contribution in [0.5, 0.6) is 0 Å². The second-order valence-corrected chi connectivity index (χ2v) is 6.99. The van der Waals surface area contributed by atoms with Gasteiger partial charge in [-0.25, -0.2) is 4.98 Å². The zero-order valence-electron chi connectivity index (χ0n) is 15.5. The Hall–Kier alpha value is -2.67. The third-order valence-electron chi connectivity index (χ3n) is 5.02. The van der Waals surface area contributed by atoms with Crippen LogP contribution in [0.1, 0.15) is 41.7 Å². The van der Waals surface area contributed by atoms with E-state index < -0.39 is 0 Å². The van der Waals surface area contributed by atoms with Gasteiger partial charge in [-0.3, -0.25) is 4.79 Å². The minimum Gasteiger partial charge on any atom is -0.463 e. The van der Waals surface area contributed by atoms with Gasteiger partial charge in [-0.05, 0) is 64.0 Å². The minimum absolute atomic E-state index is 0.139. The Bertz CT molecular complexity index is 911. The van der Waals surface area contributed by atoms with Crippen molar-refractivity contribution in [2.75, 3.05) is 26.2 Å². The molecule has 7 nitrogen and oxygen atoms in total. The number of hydrogen-bond donors (Lipinski definition) is 1. The molecule has 1 aliphatic rings. The first-order chi connectivity index (χ1) is 13.2. The van der Waals surface area contributed by atoms with Crippen molar-refractivity contribution in [3.8, 4) is 11.5 Å². The van der Waals surface area contributed by atoms with Gasteiger partial charge in [0.25, 0.3) is 11.6 Å². The summed E-state index contributed by atoms with van der Waals surface area (Å²) < 4.78 is 10.7. The zero-order valence-corrected chi connectivity index (χ0v) is 15.5. The van der Waals surface area contributed by atoms with E-state index in [1.807, 2.05) is 6.92 Å². The van der Waals surface area contributed by atoms with Gasteiger partial charge in [0.15, 0.2) is 5.76 Å². The molecule has 0 atom stereocenters. The molecule has 1 aliphatic heterocycles. The third-order valence-corrected chi connectivity index (χ3v) is 5.02. The van der Waals surface area contributed by atoms with E-state index in [9.17, 15) is 4.79 Å². The van der Waals surface area contributed by atoms with Gasteiger partial charge >= 0.3 is 0 Å². The number of amides is 1. The second-order valence-electron chi connectivity index (χ2n) is 6.99. The maximum atomic E-state index is 12.8. The Morgan fingerprint density at radius 1 is 1.30 bits per heavy atom. The molecule has 7 heteroatoms. The molecule has 0 unspecified atom stereocenters. The highest BCUT2D eigenvalue weighted by Gasteiger charge is 2.20. The molecule has 1 N–H and O–H groups in total. The number of carbonyl (C=O) groups is 1. The molecule has 1 amide bonds. The van der Waals surface area contributed by atoms with Crippen LogP contribution in [0.2, 0.25) is 0 Å². The number of aromatic nitrogens is 2. The van der Waals surface area contributed by atoms with Crippen LogP contribution in [0.3, 0.4) is 0 Å². The maximum absolute atomic E-state index is 12.8. The molecule has 142 valence electrons. The number of likely N-dealkylation sites (tertiary alicyclic amines) is 1. The van der Waals surface area contributed by atoms with Crippen LogP contribution in [0.25, 0.3) is 22.6 Å². The Balaban J connectivity index is 1.47. The normalized spacial score (nSPS) is 15.3. The number of furan rings is 1. The predicted octanol–water partition coefficient (Wildman–Crippen LogP) is 3.40.